The zero-order chi connectivity index (χ0) is 18.0. The number of H-pyrrole nitrogens is 1. The summed E-state index contributed by atoms with van der Waals surface area (Å²) in [4.78, 5) is 31.5. The van der Waals surface area contributed by atoms with Crippen molar-refractivity contribution in [2.75, 3.05) is 0 Å². The van der Waals surface area contributed by atoms with E-state index in [0.29, 0.717) is 40.5 Å². The molecule has 1 atom stereocenters. The highest BCUT2D eigenvalue weighted by atomic mass is 16.5. The number of amides is 1. The van der Waals surface area contributed by atoms with Gasteiger partial charge in [0.1, 0.15) is 6.04 Å². The van der Waals surface area contributed by atoms with Gasteiger partial charge < -0.3 is 14.8 Å². The highest BCUT2D eigenvalue weighted by Crippen LogP contribution is 2.17. The van der Waals surface area contributed by atoms with Gasteiger partial charge in [0.2, 0.25) is 11.4 Å². The highest BCUT2D eigenvalue weighted by Gasteiger charge is 2.19. The Morgan fingerprint density at radius 2 is 2.04 bits per heavy atom. The monoisotopic (exact) mass is 340 g/mol. The molecule has 0 unspecified atom stereocenters. The van der Waals surface area contributed by atoms with Gasteiger partial charge >= 0.3 is 0 Å². The number of hydrogen-bond acceptors (Lipinski definition) is 5. The van der Waals surface area contributed by atoms with Crippen LogP contribution in [-0.4, -0.2) is 21.0 Å². The van der Waals surface area contributed by atoms with Crippen LogP contribution in [0.25, 0.3) is 10.9 Å². The normalized spacial score (nSPS) is 12.5. The molecule has 7 nitrogen and oxygen atoms in total. The topological polar surface area (TPSA) is 101 Å². The number of aromatic amines is 1. The van der Waals surface area contributed by atoms with Gasteiger partial charge in [0, 0.05) is 23.4 Å². The van der Waals surface area contributed by atoms with Crippen molar-refractivity contribution < 1.29 is 9.32 Å². The second-order valence-electron chi connectivity index (χ2n) is 6.43. The number of aromatic nitrogens is 3. The Kier molecular flexibility index (Phi) is 4.65. The fourth-order valence-electron chi connectivity index (χ4n) is 2.62. The van der Waals surface area contributed by atoms with Crippen molar-refractivity contribution in [2.24, 2.45) is 5.92 Å². The standard InChI is InChI=1S/C18H20N4O3/c1-10(2)8-15-21-18(25-22-15)11(3)19-17(24)13-9-16(23)20-14-7-5-4-6-12(13)14/h4-7,9-11H,8H2,1-3H3,(H,19,24)(H,20,23)/t11-/m0/s1. The quantitative estimate of drug-likeness (QED) is 0.743. The van der Waals surface area contributed by atoms with Crippen molar-refractivity contribution in [2.45, 2.75) is 33.2 Å². The summed E-state index contributed by atoms with van der Waals surface area (Å²) in [5, 5.41) is 7.42. The van der Waals surface area contributed by atoms with Crippen molar-refractivity contribution in [1.82, 2.24) is 20.4 Å². The second kappa shape index (κ2) is 6.88. The van der Waals surface area contributed by atoms with E-state index in [1.54, 1.807) is 25.1 Å². The summed E-state index contributed by atoms with van der Waals surface area (Å²) in [6.07, 6.45) is 0.711. The number of rotatable bonds is 5. The van der Waals surface area contributed by atoms with Crippen LogP contribution in [-0.2, 0) is 6.42 Å². The minimum absolute atomic E-state index is 0.313. The summed E-state index contributed by atoms with van der Waals surface area (Å²) in [6, 6.07) is 8.00. The van der Waals surface area contributed by atoms with Gasteiger partial charge in [0.15, 0.2) is 5.82 Å². The van der Waals surface area contributed by atoms with Gasteiger partial charge in [-0.1, -0.05) is 37.2 Å². The number of fused-ring (bicyclic) bond motifs is 1. The van der Waals surface area contributed by atoms with Crippen LogP contribution < -0.4 is 10.9 Å². The second-order valence-corrected chi connectivity index (χ2v) is 6.43. The molecule has 2 heterocycles. The Morgan fingerprint density at radius 1 is 1.28 bits per heavy atom. The minimum Gasteiger partial charge on any atom is -0.340 e. The molecule has 0 bridgehead atoms. The molecule has 1 aromatic carbocycles. The van der Waals surface area contributed by atoms with Gasteiger partial charge in [-0.3, -0.25) is 9.59 Å². The predicted octanol–water partition coefficient (Wildman–Crippen LogP) is 2.60. The average Bonchev–Trinajstić information content (AvgIpc) is 3.01. The molecule has 3 aromatic rings. The fourth-order valence-corrected chi connectivity index (χ4v) is 2.62. The van der Waals surface area contributed by atoms with E-state index in [0.717, 1.165) is 0 Å². The first-order valence-corrected chi connectivity index (χ1v) is 8.19. The van der Waals surface area contributed by atoms with Crippen LogP contribution in [0.1, 0.15) is 48.9 Å². The number of carbonyl (C=O) groups excluding carboxylic acids is 1. The van der Waals surface area contributed by atoms with E-state index in [-0.39, 0.29) is 11.5 Å². The molecule has 0 aliphatic heterocycles. The lowest BCUT2D eigenvalue weighted by atomic mass is 10.1. The smallest absolute Gasteiger partial charge is 0.252 e. The van der Waals surface area contributed by atoms with Crippen LogP contribution in [0.15, 0.2) is 39.6 Å². The number of nitrogens with zero attached hydrogens (tertiary/aromatic N) is 2. The molecule has 0 aliphatic rings. The van der Waals surface area contributed by atoms with E-state index in [1.165, 1.54) is 6.07 Å². The lowest BCUT2D eigenvalue weighted by molar-refractivity contribution is 0.0934. The Morgan fingerprint density at radius 3 is 2.80 bits per heavy atom. The molecule has 1 amide bonds. The Labute approximate surface area is 144 Å². The molecule has 0 aliphatic carbocycles. The zero-order valence-electron chi connectivity index (χ0n) is 14.4. The molecular weight excluding hydrogens is 320 g/mol. The predicted molar refractivity (Wildman–Crippen MR) is 93.3 cm³/mol. The van der Waals surface area contributed by atoms with Crippen LogP contribution in [0.5, 0.6) is 0 Å². The first kappa shape index (κ1) is 16.9. The third-order valence-corrected chi connectivity index (χ3v) is 3.79. The van der Waals surface area contributed by atoms with Crippen LogP contribution in [0.4, 0.5) is 0 Å². The maximum Gasteiger partial charge on any atom is 0.252 e. The van der Waals surface area contributed by atoms with Crippen molar-refractivity contribution in [1.29, 1.82) is 0 Å². The Hall–Kier alpha value is -2.96. The first-order valence-electron chi connectivity index (χ1n) is 8.19. The molecular formula is C18H20N4O3. The largest absolute Gasteiger partial charge is 0.340 e. The van der Waals surface area contributed by atoms with E-state index in [2.05, 4.69) is 34.3 Å². The molecule has 3 rings (SSSR count). The van der Waals surface area contributed by atoms with Gasteiger partial charge in [-0.05, 0) is 18.9 Å². The summed E-state index contributed by atoms with van der Waals surface area (Å²) >= 11 is 0. The fraction of sp³-hybridized carbons (Fsp3) is 0.333. The van der Waals surface area contributed by atoms with Crippen molar-refractivity contribution in [3.05, 3.63) is 58.0 Å². The van der Waals surface area contributed by atoms with E-state index < -0.39 is 6.04 Å². The van der Waals surface area contributed by atoms with Crippen LogP contribution in [0.3, 0.4) is 0 Å². The van der Waals surface area contributed by atoms with Crippen LogP contribution >= 0.6 is 0 Å². The molecule has 7 heteroatoms. The summed E-state index contributed by atoms with van der Waals surface area (Å²) in [7, 11) is 0. The number of benzene rings is 1. The molecule has 0 saturated carbocycles. The number of para-hydroxylation sites is 1. The van der Waals surface area contributed by atoms with E-state index >= 15 is 0 Å². The van der Waals surface area contributed by atoms with Crippen molar-refractivity contribution in [3.8, 4) is 0 Å². The summed E-state index contributed by atoms with van der Waals surface area (Å²) < 4.78 is 5.23. The molecule has 2 aromatic heterocycles. The molecule has 0 spiro atoms. The van der Waals surface area contributed by atoms with Gasteiger partial charge in [-0.25, -0.2) is 0 Å². The molecule has 25 heavy (non-hydrogen) atoms. The third-order valence-electron chi connectivity index (χ3n) is 3.79. The summed E-state index contributed by atoms with van der Waals surface area (Å²) in [5.74, 6) is 1.02. The Bertz CT molecular complexity index is 958. The zero-order valence-corrected chi connectivity index (χ0v) is 14.4. The van der Waals surface area contributed by atoms with Crippen molar-refractivity contribution >= 4 is 16.8 Å². The number of pyridine rings is 1. The molecule has 0 saturated heterocycles. The maximum absolute atomic E-state index is 12.6. The van der Waals surface area contributed by atoms with E-state index in [9.17, 15) is 9.59 Å². The first-order chi connectivity index (χ1) is 11.9. The SMILES string of the molecule is CC(C)Cc1noc([C@H](C)NC(=O)c2cc(=O)[nH]c3ccccc23)n1. The van der Waals surface area contributed by atoms with Gasteiger partial charge in [0.25, 0.3) is 5.91 Å². The molecule has 0 fully saturated rings. The molecule has 2 N–H and O–H groups in total. The van der Waals surface area contributed by atoms with Crippen molar-refractivity contribution in [3.63, 3.8) is 0 Å². The maximum atomic E-state index is 12.6. The van der Waals surface area contributed by atoms with Gasteiger partial charge in [-0.15, -0.1) is 0 Å². The van der Waals surface area contributed by atoms with E-state index in [1.807, 2.05) is 6.07 Å². The van der Waals surface area contributed by atoms with Gasteiger partial charge in [0.05, 0.1) is 5.56 Å². The number of nitrogens with one attached hydrogen (secondary N) is 2. The van der Waals surface area contributed by atoms with Crippen LogP contribution in [0, 0.1) is 5.92 Å². The minimum atomic E-state index is -0.459. The summed E-state index contributed by atoms with van der Waals surface area (Å²) in [6.45, 7) is 5.90. The Balaban J connectivity index is 1.82. The highest BCUT2D eigenvalue weighted by molar-refractivity contribution is 6.06. The molecule has 130 valence electrons. The third kappa shape index (κ3) is 3.76. The molecule has 0 radical (unpaired) electrons. The van der Waals surface area contributed by atoms with E-state index in [4.69, 9.17) is 4.52 Å². The van der Waals surface area contributed by atoms with Crippen LogP contribution in [0.2, 0.25) is 0 Å². The van der Waals surface area contributed by atoms with Gasteiger partial charge in [-0.2, -0.15) is 4.98 Å². The number of hydrogen-bond donors (Lipinski definition) is 2. The number of carbonyl (C=O) groups is 1. The average molecular weight is 340 g/mol. The summed E-state index contributed by atoms with van der Waals surface area (Å²) in [5.41, 5.74) is 0.603. The lowest BCUT2D eigenvalue weighted by Gasteiger charge is -2.11. The lowest BCUT2D eigenvalue weighted by Crippen LogP contribution is -2.28.